The van der Waals surface area contributed by atoms with Gasteiger partial charge in [-0.1, -0.05) is 0 Å². The summed E-state index contributed by atoms with van der Waals surface area (Å²) in [6.45, 7) is 8.23. The van der Waals surface area contributed by atoms with Crippen molar-refractivity contribution in [2.75, 3.05) is 18.0 Å². The summed E-state index contributed by atoms with van der Waals surface area (Å²) < 4.78 is 21.9. The van der Waals surface area contributed by atoms with E-state index in [-0.39, 0.29) is 17.5 Å². The van der Waals surface area contributed by atoms with Crippen molar-refractivity contribution in [3.63, 3.8) is 0 Å². The molecule has 2 aromatic rings. The van der Waals surface area contributed by atoms with E-state index in [4.69, 9.17) is 4.74 Å². The summed E-state index contributed by atoms with van der Waals surface area (Å²) in [7, 11) is 0. The van der Waals surface area contributed by atoms with E-state index < -0.39 is 28.8 Å². The summed E-state index contributed by atoms with van der Waals surface area (Å²) in [5.74, 6) is -0.491. The molecule has 9 heteroatoms. The van der Waals surface area contributed by atoms with E-state index in [1.54, 1.807) is 20.8 Å². The van der Waals surface area contributed by atoms with E-state index in [1.165, 1.54) is 10.6 Å². The van der Waals surface area contributed by atoms with Crippen molar-refractivity contribution in [1.29, 1.82) is 0 Å². The number of H-pyrrole nitrogens is 1. The highest BCUT2D eigenvalue weighted by molar-refractivity contribution is 5.89. The van der Waals surface area contributed by atoms with Gasteiger partial charge in [0.2, 0.25) is 0 Å². The van der Waals surface area contributed by atoms with Crippen LogP contribution < -0.4 is 21.5 Å². The third-order valence-corrected chi connectivity index (χ3v) is 5.41. The molecule has 1 saturated heterocycles. The maximum absolute atomic E-state index is 15.1. The highest BCUT2D eigenvalue weighted by Crippen LogP contribution is 2.39. The summed E-state index contributed by atoms with van der Waals surface area (Å²) in [4.78, 5) is 40.7. The van der Waals surface area contributed by atoms with Gasteiger partial charge in [0.1, 0.15) is 11.4 Å². The normalized spacial score (nSPS) is 21.1. The lowest BCUT2D eigenvalue weighted by Gasteiger charge is -2.24. The Hall–Kier alpha value is -2.84. The van der Waals surface area contributed by atoms with Crippen molar-refractivity contribution >= 4 is 22.7 Å². The zero-order valence-electron chi connectivity index (χ0n) is 17.0. The molecule has 2 N–H and O–H groups in total. The zero-order valence-corrected chi connectivity index (χ0v) is 17.0. The molecule has 4 rings (SSSR count). The van der Waals surface area contributed by atoms with Crippen LogP contribution in [0, 0.1) is 5.82 Å². The number of anilines is 1. The van der Waals surface area contributed by atoms with Crippen LogP contribution in [0.15, 0.2) is 15.7 Å². The molecule has 0 bridgehead atoms. The molecule has 1 amide bonds. The topological polar surface area (TPSA) is 96.4 Å². The second-order valence-electron chi connectivity index (χ2n) is 8.84. The Morgan fingerprint density at radius 2 is 2.07 bits per heavy atom. The number of carbonyl (C=O) groups is 1. The molecule has 0 saturated carbocycles. The van der Waals surface area contributed by atoms with Crippen LogP contribution in [0.5, 0.6) is 0 Å². The van der Waals surface area contributed by atoms with Gasteiger partial charge in [-0.25, -0.2) is 14.0 Å². The van der Waals surface area contributed by atoms with Crippen molar-refractivity contribution in [3.05, 3.63) is 38.3 Å². The van der Waals surface area contributed by atoms with Gasteiger partial charge in [-0.05, 0) is 46.6 Å². The number of aromatic nitrogens is 2. The summed E-state index contributed by atoms with van der Waals surface area (Å²) in [5, 5.41) is 3.02. The molecular weight excluding hydrogens is 379 g/mol. The van der Waals surface area contributed by atoms with E-state index in [1.807, 2.05) is 11.8 Å². The van der Waals surface area contributed by atoms with Crippen LogP contribution in [-0.2, 0) is 11.2 Å². The van der Waals surface area contributed by atoms with Gasteiger partial charge in [-0.15, -0.1) is 0 Å². The van der Waals surface area contributed by atoms with Gasteiger partial charge in [0.25, 0.3) is 5.56 Å². The van der Waals surface area contributed by atoms with Gasteiger partial charge >= 0.3 is 11.8 Å². The third-order valence-electron chi connectivity index (χ3n) is 5.41. The summed E-state index contributed by atoms with van der Waals surface area (Å²) in [6, 6.07) is 0.860. The highest BCUT2D eigenvalue weighted by Gasteiger charge is 2.34. The fourth-order valence-corrected chi connectivity index (χ4v) is 4.35. The van der Waals surface area contributed by atoms with E-state index in [0.717, 1.165) is 0 Å². The van der Waals surface area contributed by atoms with Gasteiger partial charge in [-0.2, -0.15) is 0 Å². The Labute approximate surface area is 166 Å². The van der Waals surface area contributed by atoms with Crippen molar-refractivity contribution in [3.8, 4) is 0 Å². The average Bonchev–Trinajstić information content (AvgIpc) is 3.15. The SMILES string of the molecule is C[C@H]1Cc2c(N3CCC(NC(=O)OC(C)(C)C)C3)c(F)cc3c(=O)[nH]c(=O)n1c23. The maximum Gasteiger partial charge on any atom is 0.407 e. The summed E-state index contributed by atoms with van der Waals surface area (Å²) in [5.41, 5.74) is -0.0509. The molecule has 0 aliphatic carbocycles. The fraction of sp³-hybridized carbons (Fsp3) is 0.550. The molecule has 1 fully saturated rings. The first-order chi connectivity index (χ1) is 13.5. The molecule has 2 aliphatic heterocycles. The Morgan fingerprint density at radius 3 is 2.76 bits per heavy atom. The quantitative estimate of drug-likeness (QED) is 0.799. The Balaban J connectivity index is 1.66. The number of halogens is 1. The molecule has 8 nitrogen and oxygen atoms in total. The number of carbonyl (C=O) groups excluding carboxylic acids is 1. The van der Waals surface area contributed by atoms with Gasteiger partial charge in [0, 0.05) is 24.7 Å². The smallest absolute Gasteiger partial charge is 0.407 e. The van der Waals surface area contributed by atoms with Gasteiger partial charge < -0.3 is 15.0 Å². The number of hydrogen-bond donors (Lipinski definition) is 2. The number of ether oxygens (including phenoxy) is 1. The van der Waals surface area contributed by atoms with E-state index in [2.05, 4.69) is 10.3 Å². The van der Waals surface area contributed by atoms with Gasteiger partial charge in [0.15, 0.2) is 0 Å². The largest absolute Gasteiger partial charge is 0.444 e. The molecular formula is C20H25FN4O4. The standard InChI is InChI=1S/C20H25FN4O4/c1-10-7-12-15-13(17(26)23-18(27)25(10)15)8-14(21)16(12)24-6-5-11(9-24)22-19(28)29-20(2,3)4/h8,10-11H,5-7,9H2,1-4H3,(H,22,28)(H,23,26,27)/t10-,11?/m0/s1. The van der Waals surface area contributed by atoms with Crippen LogP contribution in [0.3, 0.4) is 0 Å². The molecule has 1 aromatic carbocycles. The van der Waals surface area contributed by atoms with Crippen molar-refractivity contribution < 1.29 is 13.9 Å². The molecule has 156 valence electrons. The highest BCUT2D eigenvalue weighted by atomic mass is 19.1. The molecule has 3 heterocycles. The van der Waals surface area contributed by atoms with E-state index in [9.17, 15) is 14.4 Å². The minimum atomic E-state index is -0.592. The van der Waals surface area contributed by atoms with Crippen molar-refractivity contribution in [2.45, 2.75) is 58.2 Å². The number of rotatable bonds is 2. The van der Waals surface area contributed by atoms with Gasteiger partial charge in [-0.3, -0.25) is 14.3 Å². The first kappa shape index (κ1) is 19.5. The molecule has 2 atom stereocenters. The summed E-state index contributed by atoms with van der Waals surface area (Å²) >= 11 is 0. The van der Waals surface area contributed by atoms with Crippen LogP contribution >= 0.6 is 0 Å². The maximum atomic E-state index is 15.1. The van der Waals surface area contributed by atoms with Crippen LogP contribution in [0.4, 0.5) is 14.9 Å². The second-order valence-corrected chi connectivity index (χ2v) is 8.84. The molecule has 1 unspecified atom stereocenters. The number of aromatic amines is 1. The van der Waals surface area contributed by atoms with Crippen LogP contribution in [0.1, 0.15) is 45.7 Å². The number of hydrogen-bond acceptors (Lipinski definition) is 5. The number of nitrogens with zero attached hydrogens (tertiary/aromatic N) is 2. The lowest BCUT2D eigenvalue weighted by molar-refractivity contribution is 0.0509. The van der Waals surface area contributed by atoms with Crippen LogP contribution in [0.2, 0.25) is 0 Å². The van der Waals surface area contributed by atoms with Gasteiger partial charge in [0.05, 0.1) is 22.6 Å². The summed E-state index contributed by atoms with van der Waals surface area (Å²) in [6.07, 6.45) is 0.617. The van der Waals surface area contributed by atoms with Crippen molar-refractivity contribution in [2.24, 2.45) is 0 Å². The predicted octanol–water partition coefficient (Wildman–Crippen LogP) is 2.05. The number of nitrogens with one attached hydrogen (secondary N) is 2. The number of amides is 1. The van der Waals surface area contributed by atoms with Crippen LogP contribution in [-0.4, -0.2) is 40.4 Å². The monoisotopic (exact) mass is 404 g/mol. The molecule has 2 aliphatic rings. The minimum Gasteiger partial charge on any atom is -0.444 e. The van der Waals surface area contributed by atoms with E-state index in [0.29, 0.717) is 42.7 Å². The van der Waals surface area contributed by atoms with Crippen molar-refractivity contribution in [1.82, 2.24) is 14.9 Å². The average molecular weight is 404 g/mol. The lowest BCUT2D eigenvalue weighted by Crippen LogP contribution is -2.40. The molecule has 0 spiro atoms. The molecule has 0 radical (unpaired) electrons. The predicted molar refractivity (Wildman–Crippen MR) is 107 cm³/mol. The minimum absolute atomic E-state index is 0.171. The fourth-order valence-electron chi connectivity index (χ4n) is 4.35. The van der Waals surface area contributed by atoms with Crippen LogP contribution in [0.25, 0.3) is 10.9 Å². The van der Waals surface area contributed by atoms with E-state index >= 15 is 4.39 Å². The Kier molecular flexibility index (Phi) is 4.43. The third kappa shape index (κ3) is 3.38. The molecule has 1 aromatic heterocycles. The molecule has 29 heavy (non-hydrogen) atoms. The lowest BCUT2D eigenvalue weighted by atomic mass is 10.0. The number of benzene rings is 1. The Morgan fingerprint density at radius 1 is 1.34 bits per heavy atom. The first-order valence-electron chi connectivity index (χ1n) is 9.79. The zero-order chi connectivity index (χ0) is 21.1. The second kappa shape index (κ2) is 6.60. The first-order valence-corrected chi connectivity index (χ1v) is 9.79. The Bertz CT molecular complexity index is 1110. The number of alkyl carbamates (subject to hydrolysis) is 1.